The SMILES string of the molecule is CC(C)OCC(=O)N(C)Cc1ccc(C(C)(C)C)cc1. The summed E-state index contributed by atoms with van der Waals surface area (Å²) in [5.74, 6) is 0.0126. The maximum atomic E-state index is 11.9. The molecule has 0 radical (unpaired) electrons. The van der Waals surface area contributed by atoms with E-state index in [0.29, 0.717) is 6.54 Å². The van der Waals surface area contributed by atoms with E-state index in [0.717, 1.165) is 5.56 Å². The second-order valence-electron chi connectivity index (χ2n) is 6.56. The predicted molar refractivity (Wildman–Crippen MR) is 82.7 cm³/mol. The highest BCUT2D eigenvalue weighted by Gasteiger charge is 2.14. The van der Waals surface area contributed by atoms with Gasteiger partial charge in [0.05, 0.1) is 6.10 Å². The highest BCUT2D eigenvalue weighted by molar-refractivity contribution is 5.77. The molecule has 0 atom stereocenters. The Kier molecular flexibility index (Phi) is 5.75. The summed E-state index contributed by atoms with van der Waals surface area (Å²) < 4.78 is 5.34. The molecule has 0 aliphatic rings. The second kappa shape index (κ2) is 6.89. The van der Waals surface area contributed by atoms with Crippen molar-refractivity contribution in [1.29, 1.82) is 0 Å². The quantitative estimate of drug-likeness (QED) is 0.826. The van der Waals surface area contributed by atoms with Crippen LogP contribution >= 0.6 is 0 Å². The average Bonchev–Trinajstić information content (AvgIpc) is 2.35. The lowest BCUT2D eigenvalue weighted by Crippen LogP contribution is -2.30. The molecule has 0 aliphatic carbocycles. The van der Waals surface area contributed by atoms with Gasteiger partial charge in [0, 0.05) is 13.6 Å². The van der Waals surface area contributed by atoms with Gasteiger partial charge >= 0.3 is 0 Å². The fraction of sp³-hybridized carbons (Fsp3) is 0.588. The highest BCUT2D eigenvalue weighted by atomic mass is 16.5. The molecular formula is C17H27NO2. The Bertz CT molecular complexity index is 429. The standard InChI is InChI=1S/C17H27NO2/c1-13(2)20-12-16(19)18(6)11-14-7-9-15(10-8-14)17(3,4)5/h7-10,13H,11-12H2,1-6H3. The van der Waals surface area contributed by atoms with Gasteiger partial charge in [0.1, 0.15) is 6.61 Å². The first-order valence-electron chi connectivity index (χ1n) is 7.15. The molecule has 1 aromatic rings. The molecule has 112 valence electrons. The van der Waals surface area contributed by atoms with Crippen molar-refractivity contribution in [1.82, 2.24) is 4.90 Å². The summed E-state index contributed by atoms with van der Waals surface area (Å²) in [6.45, 7) is 11.2. The van der Waals surface area contributed by atoms with Gasteiger partial charge in [0.15, 0.2) is 0 Å². The van der Waals surface area contributed by atoms with Crippen LogP contribution in [0.2, 0.25) is 0 Å². The predicted octanol–water partition coefficient (Wildman–Crippen LogP) is 3.37. The number of carbonyl (C=O) groups is 1. The van der Waals surface area contributed by atoms with Gasteiger partial charge in [-0.05, 0) is 30.4 Å². The highest BCUT2D eigenvalue weighted by Crippen LogP contribution is 2.22. The minimum absolute atomic E-state index is 0.0126. The number of amides is 1. The lowest BCUT2D eigenvalue weighted by atomic mass is 9.87. The molecule has 0 bridgehead atoms. The van der Waals surface area contributed by atoms with E-state index in [1.807, 2.05) is 20.9 Å². The summed E-state index contributed by atoms with van der Waals surface area (Å²) in [5.41, 5.74) is 2.60. The normalized spacial score (nSPS) is 11.8. The number of ether oxygens (including phenoxy) is 1. The zero-order chi connectivity index (χ0) is 15.3. The first kappa shape index (κ1) is 16.7. The summed E-state index contributed by atoms with van der Waals surface area (Å²) in [7, 11) is 1.81. The number of nitrogens with zero attached hydrogens (tertiary/aromatic N) is 1. The van der Waals surface area contributed by atoms with Crippen LogP contribution in [0, 0.1) is 0 Å². The van der Waals surface area contributed by atoms with E-state index in [9.17, 15) is 4.79 Å². The van der Waals surface area contributed by atoms with Gasteiger partial charge in [-0.3, -0.25) is 4.79 Å². The summed E-state index contributed by atoms with van der Waals surface area (Å²) in [6.07, 6.45) is 0.0819. The van der Waals surface area contributed by atoms with Gasteiger partial charge < -0.3 is 9.64 Å². The molecule has 0 fully saturated rings. The molecule has 0 spiro atoms. The molecule has 0 N–H and O–H groups in total. The minimum Gasteiger partial charge on any atom is -0.369 e. The maximum absolute atomic E-state index is 11.9. The Labute approximate surface area is 122 Å². The third-order valence-electron chi connectivity index (χ3n) is 3.21. The van der Waals surface area contributed by atoms with Crippen molar-refractivity contribution in [2.24, 2.45) is 0 Å². The van der Waals surface area contributed by atoms with Crippen LogP contribution in [0.3, 0.4) is 0 Å². The number of hydrogen-bond donors (Lipinski definition) is 0. The number of benzene rings is 1. The smallest absolute Gasteiger partial charge is 0.248 e. The van der Waals surface area contributed by atoms with Crippen molar-refractivity contribution >= 4 is 5.91 Å². The van der Waals surface area contributed by atoms with Crippen LogP contribution in [0.25, 0.3) is 0 Å². The van der Waals surface area contributed by atoms with Crippen LogP contribution in [0.15, 0.2) is 24.3 Å². The average molecular weight is 277 g/mol. The Morgan fingerprint density at radius 2 is 1.75 bits per heavy atom. The second-order valence-corrected chi connectivity index (χ2v) is 6.56. The van der Waals surface area contributed by atoms with E-state index in [1.165, 1.54) is 5.56 Å². The van der Waals surface area contributed by atoms with E-state index in [2.05, 4.69) is 45.0 Å². The number of likely N-dealkylation sites (N-methyl/N-ethyl adjacent to an activating group) is 1. The van der Waals surface area contributed by atoms with Gasteiger partial charge in [0.2, 0.25) is 5.91 Å². The van der Waals surface area contributed by atoms with Crippen molar-refractivity contribution in [3.8, 4) is 0 Å². The van der Waals surface area contributed by atoms with Crippen molar-refractivity contribution < 1.29 is 9.53 Å². The minimum atomic E-state index is 0.0126. The third-order valence-corrected chi connectivity index (χ3v) is 3.21. The van der Waals surface area contributed by atoms with Crippen molar-refractivity contribution in [2.75, 3.05) is 13.7 Å². The first-order valence-corrected chi connectivity index (χ1v) is 7.15. The van der Waals surface area contributed by atoms with Crippen molar-refractivity contribution in [2.45, 2.75) is 52.7 Å². The fourth-order valence-electron chi connectivity index (χ4n) is 1.82. The molecule has 3 heteroatoms. The lowest BCUT2D eigenvalue weighted by molar-refractivity contribution is -0.136. The first-order chi connectivity index (χ1) is 9.20. The molecule has 3 nitrogen and oxygen atoms in total. The summed E-state index contributed by atoms with van der Waals surface area (Å²) >= 11 is 0. The Morgan fingerprint density at radius 1 is 1.20 bits per heavy atom. The van der Waals surface area contributed by atoms with Gasteiger partial charge in [-0.2, -0.15) is 0 Å². The number of carbonyl (C=O) groups excluding carboxylic acids is 1. The molecule has 0 unspecified atom stereocenters. The van der Waals surface area contributed by atoms with Crippen LogP contribution in [0.1, 0.15) is 45.7 Å². The van der Waals surface area contributed by atoms with Gasteiger partial charge in [-0.25, -0.2) is 0 Å². The Morgan fingerprint density at radius 3 is 2.20 bits per heavy atom. The molecule has 0 saturated carbocycles. The number of hydrogen-bond acceptors (Lipinski definition) is 2. The molecule has 1 aromatic carbocycles. The molecular weight excluding hydrogens is 250 g/mol. The van der Waals surface area contributed by atoms with Crippen LogP contribution in [-0.4, -0.2) is 30.6 Å². The zero-order valence-corrected chi connectivity index (χ0v) is 13.6. The summed E-state index contributed by atoms with van der Waals surface area (Å²) in [5, 5.41) is 0. The lowest BCUT2D eigenvalue weighted by Gasteiger charge is -2.21. The van der Waals surface area contributed by atoms with Gasteiger partial charge in [0.25, 0.3) is 0 Å². The summed E-state index contributed by atoms with van der Waals surface area (Å²) in [4.78, 5) is 13.6. The molecule has 0 aromatic heterocycles. The summed E-state index contributed by atoms with van der Waals surface area (Å²) in [6, 6.07) is 8.46. The van der Waals surface area contributed by atoms with E-state index in [1.54, 1.807) is 4.90 Å². The van der Waals surface area contributed by atoms with Crippen LogP contribution in [-0.2, 0) is 21.5 Å². The van der Waals surface area contributed by atoms with E-state index >= 15 is 0 Å². The maximum Gasteiger partial charge on any atom is 0.248 e. The van der Waals surface area contributed by atoms with Crippen LogP contribution in [0.5, 0.6) is 0 Å². The van der Waals surface area contributed by atoms with E-state index < -0.39 is 0 Å². The largest absolute Gasteiger partial charge is 0.369 e. The van der Waals surface area contributed by atoms with Gasteiger partial charge in [-0.1, -0.05) is 45.0 Å². The Balaban J connectivity index is 2.58. The van der Waals surface area contributed by atoms with Crippen LogP contribution in [0.4, 0.5) is 0 Å². The molecule has 20 heavy (non-hydrogen) atoms. The van der Waals surface area contributed by atoms with E-state index in [-0.39, 0.29) is 24.0 Å². The third kappa shape index (κ3) is 5.33. The monoisotopic (exact) mass is 277 g/mol. The molecule has 0 heterocycles. The van der Waals surface area contributed by atoms with Gasteiger partial charge in [-0.15, -0.1) is 0 Å². The number of rotatable bonds is 5. The zero-order valence-electron chi connectivity index (χ0n) is 13.6. The van der Waals surface area contributed by atoms with Crippen LogP contribution < -0.4 is 0 Å². The van der Waals surface area contributed by atoms with E-state index in [4.69, 9.17) is 4.74 Å². The molecule has 0 aliphatic heterocycles. The molecule has 0 saturated heterocycles. The fourth-order valence-corrected chi connectivity index (χ4v) is 1.82. The topological polar surface area (TPSA) is 29.5 Å². The van der Waals surface area contributed by atoms with Crippen molar-refractivity contribution in [3.05, 3.63) is 35.4 Å². The van der Waals surface area contributed by atoms with Crippen molar-refractivity contribution in [3.63, 3.8) is 0 Å². The molecule has 1 rings (SSSR count). The molecule has 1 amide bonds. The Hall–Kier alpha value is -1.35.